The fraction of sp³-hybridized carbons (Fsp3) is 0.136. The number of hydrogen-bond donors (Lipinski definition) is 0. The van der Waals surface area contributed by atoms with Crippen molar-refractivity contribution in [2.45, 2.75) is 6.92 Å². The number of methoxy groups -OCH3 is 2. The lowest BCUT2D eigenvalue weighted by atomic mass is 10.1. The molecule has 3 aromatic heterocycles. The van der Waals surface area contributed by atoms with Crippen molar-refractivity contribution in [2.24, 2.45) is 0 Å². The summed E-state index contributed by atoms with van der Waals surface area (Å²) in [5.74, 6) is 0.569. The number of carbonyl (C=O) groups is 2. The highest BCUT2D eigenvalue weighted by molar-refractivity contribution is 7.20. The number of thiophene rings is 1. The Bertz CT molecular complexity index is 1280. The number of rotatable bonds is 5. The number of nitrogens with zero attached hydrogens (tertiary/aromatic N) is 1. The molecule has 7 heteroatoms. The topological polar surface area (TPSA) is 78.6 Å². The number of furan rings is 1. The Morgan fingerprint density at radius 1 is 1.21 bits per heavy atom. The van der Waals surface area contributed by atoms with Crippen LogP contribution in [0.25, 0.3) is 27.3 Å². The van der Waals surface area contributed by atoms with Crippen molar-refractivity contribution in [3.63, 3.8) is 0 Å². The number of ether oxygens (including phenoxy) is 2. The second kappa shape index (κ2) is 7.52. The Balaban J connectivity index is 1.63. The third-order valence-corrected chi connectivity index (χ3v) is 5.79. The molecule has 6 nitrogen and oxygen atoms in total. The van der Waals surface area contributed by atoms with Gasteiger partial charge in [0.1, 0.15) is 15.5 Å². The highest BCUT2D eigenvalue weighted by Crippen LogP contribution is 2.31. The van der Waals surface area contributed by atoms with E-state index < -0.39 is 5.97 Å². The second-order valence-corrected chi connectivity index (χ2v) is 7.35. The molecule has 1 aromatic carbocycles. The van der Waals surface area contributed by atoms with Crippen molar-refractivity contribution in [2.75, 3.05) is 14.2 Å². The maximum atomic E-state index is 12.6. The Labute approximate surface area is 170 Å². The number of fused-ring (bicyclic) bond motifs is 2. The Morgan fingerprint density at radius 2 is 2.03 bits per heavy atom. The first-order chi connectivity index (χ1) is 14.0. The number of aryl methyl sites for hydroxylation is 1. The number of pyridine rings is 1. The molecule has 0 aliphatic carbocycles. The number of hydrogen-bond acceptors (Lipinski definition) is 7. The van der Waals surface area contributed by atoms with Gasteiger partial charge in [0.25, 0.3) is 0 Å². The average molecular weight is 407 g/mol. The van der Waals surface area contributed by atoms with E-state index in [2.05, 4.69) is 4.98 Å². The summed E-state index contributed by atoms with van der Waals surface area (Å²) in [5, 5.41) is 1.66. The maximum Gasteiger partial charge on any atom is 0.348 e. The minimum atomic E-state index is -0.404. The molecule has 3 heterocycles. The summed E-state index contributed by atoms with van der Waals surface area (Å²) in [6, 6.07) is 9.19. The van der Waals surface area contributed by atoms with E-state index in [4.69, 9.17) is 13.9 Å². The zero-order chi connectivity index (χ0) is 20.5. The number of para-hydroxylation sites is 1. The summed E-state index contributed by atoms with van der Waals surface area (Å²) >= 11 is 1.25. The molecule has 0 fully saturated rings. The molecule has 4 aromatic rings. The van der Waals surface area contributed by atoms with Crippen LogP contribution in [0.3, 0.4) is 0 Å². The van der Waals surface area contributed by atoms with E-state index in [-0.39, 0.29) is 5.78 Å². The van der Waals surface area contributed by atoms with E-state index in [0.29, 0.717) is 32.4 Å². The van der Waals surface area contributed by atoms with Gasteiger partial charge >= 0.3 is 5.97 Å². The van der Waals surface area contributed by atoms with Gasteiger partial charge in [-0.1, -0.05) is 12.1 Å². The SMILES string of the molecule is COC(=O)c1sc2ncc(C(=O)/C=C/c3cc4cccc(OC)c4o3)cc2c1C. The van der Waals surface area contributed by atoms with Gasteiger partial charge in [0.2, 0.25) is 0 Å². The summed E-state index contributed by atoms with van der Waals surface area (Å²) in [7, 11) is 2.92. The van der Waals surface area contributed by atoms with Gasteiger partial charge in [-0.25, -0.2) is 9.78 Å². The normalized spacial score (nSPS) is 11.4. The number of allylic oxidation sites excluding steroid dienone is 1. The molecule has 4 rings (SSSR count). The number of benzene rings is 1. The number of esters is 1. The van der Waals surface area contributed by atoms with Gasteiger partial charge in [-0.2, -0.15) is 0 Å². The van der Waals surface area contributed by atoms with E-state index in [0.717, 1.165) is 16.3 Å². The van der Waals surface area contributed by atoms with Crippen LogP contribution in [-0.2, 0) is 4.74 Å². The first-order valence-electron chi connectivity index (χ1n) is 8.78. The molecule has 0 bridgehead atoms. The number of aromatic nitrogens is 1. The van der Waals surface area contributed by atoms with Crippen LogP contribution in [-0.4, -0.2) is 31.0 Å². The predicted molar refractivity (Wildman–Crippen MR) is 112 cm³/mol. The average Bonchev–Trinajstić information content (AvgIpc) is 3.31. The van der Waals surface area contributed by atoms with Crippen LogP contribution in [0.4, 0.5) is 0 Å². The zero-order valence-electron chi connectivity index (χ0n) is 16.0. The standard InChI is InChI=1S/C22H17NO5S/c1-12-16-10-14(11-23-21(16)29-20(12)22(25)27-3)17(24)8-7-15-9-13-5-4-6-18(26-2)19(13)28-15/h4-11H,1-3H3/b8-7+. The molecule has 0 spiro atoms. The highest BCUT2D eigenvalue weighted by Gasteiger charge is 2.18. The fourth-order valence-corrected chi connectivity index (χ4v) is 4.12. The van der Waals surface area contributed by atoms with Crippen molar-refractivity contribution in [1.82, 2.24) is 4.98 Å². The molecule has 0 radical (unpaired) electrons. The fourth-order valence-electron chi connectivity index (χ4n) is 3.07. The monoisotopic (exact) mass is 407 g/mol. The molecular weight excluding hydrogens is 390 g/mol. The van der Waals surface area contributed by atoms with Crippen LogP contribution >= 0.6 is 11.3 Å². The lowest BCUT2D eigenvalue weighted by Crippen LogP contribution is -1.99. The highest BCUT2D eigenvalue weighted by atomic mass is 32.1. The largest absolute Gasteiger partial charge is 0.493 e. The van der Waals surface area contributed by atoms with Gasteiger partial charge in [-0.3, -0.25) is 4.79 Å². The third-order valence-electron chi connectivity index (χ3n) is 4.60. The molecule has 0 atom stereocenters. The van der Waals surface area contributed by atoms with Crippen molar-refractivity contribution in [3.05, 3.63) is 64.4 Å². The first kappa shape index (κ1) is 18.9. The number of carbonyl (C=O) groups excluding carboxylic acids is 2. The summed E-state index contributed by atoms with van der Waals surface area (Å²) in [5.41, 5.74) is 1.82. The van der Waals surface area contributed by atoms with Crippen LogP contribution in [0, 0.1) is 6.92 Å². The van der Waals surface area contributed by atoms with E-state index in [1.54, 1.807) is 19.3 Å². The van der Waals surface area contributed by atoms with E-state index >= 15 is 0 Å². The van der Waals surface area contributed by atoms with E-state index in [1.165, 1.54) is 30.7 Å². The molecule has 0 unspecified atom stereocenters. The summed E-state index contributed by atoms with van der Waals surface area (Å²) in [6.45, 7) is 1.82. The van der Waals surface area contributed by atoms with Crippen LogP contribution in [0.5, 0.6) is 5.75 Å². The zero-order valence-corrected chi connectivity index (χ0v) is 16.8. The second-order valence-electron chi connectivity index (χ2n) is 6.35. The van der Waals surface area contributed by atoms with Crippen LogP contribution in [0.15, 0.2) is 47.0 Å². The molecule has 0 N–H and O–H groups in total. The van der Waals surface area contributed by atoms with Gasteiger partial charge < -0.3 is 13.9 Å². The minimum Gasteiger partial charge on any atom is -0.493 e. The van der Waals surface area contributed by atoms with E-state index in [1.807, 2.05) is 31.2 Å². The minimum absolute atomic E-state index is 0.211. The molecular formula is C22H17NO5S. The molecule has 29 heavy (non-hydrogen) atoms. The van der Waals surface area contributed by atoms with Gasteiger partial charge in [0.15, 0.2) is 17.1 Å². The van der Waals surface area contributed by atoms with Gasteiger partial charge in [0, 0.05) is 22.5 Å². The summed E-state index contributed by atoms with van der Waals surface area (Å²) in [4.78, 5) is 30.0. The number of ketones is 1. The van der Waals surface area contributed by atoms with Crippen LogP contribution in [0.1, 0.15) is 31.4 Å². The molecule has 0 amide bonds. The molecule has 0 aliphatic rings. The maximum absolute atomic E-state index is 12.6. The predicted octanol–water partition coefficient (Wildman–Crippen LogP) is 5.04. The lowest BCUT2D eigenvalue weighted by Gasteiger charge is -1.98. The molecule has 146 valence electrons. The van der Waals surface area contributed by atoms with E-state index in [9.17, 15) is 9.59 Å². The van der Waals surface area contributed by atoms with Crippen molar-refractivity contribution in [3.8, 4) is 5.75 Å². The quantitative estimate of drug-likeness (QED) is 0.262. The Kier molecular flexibility index (Phi) is 4.90. The van der Waals surface area contributed by atoms with Gasteiger partial charge in [0.05, 0.1) is 14.2 Å². The van der Waals surface area contributed by atoms with Crippen molar-refractivity contribution in [1.29, 1.82) is 0 Å². The molecule has 0 aliphatic heterocycles. The van der Waals surface area contributed by atoms with Crippen molar-refractivity contribution < 1.29 is 23.5 Å². The van der Waals surface area contributed by atoms with Gasteiger partial charge in [-0.05, 0) is 42.8 Å². The smallest absolute Gasteiger partial charge is 0.348 e. The summed E-state index contributed by atoms with van der Waals surface area (Å²) in [6.07, 6.45) is 4.57. The Morgan fingerprint density at radius 3 is 2.79 bits per heavy atom. The van der Waals surface area contributed by atoms with Crippen molar-refractivity contribution >= 4 is 50.4 Å². The third kappa shape index (κ3) is 3.40. The summed E-state index contributed by atoms with van der Waals surface area (Å²) < 4.78 is 15.9. The lowest BCUT2D eigenvalue weighted by molar-refractivity contribution is 0.0605. The molecule has 0 saturated carbocycles. The van der Waals surface area contributed by atoms with Gasteiger partial charge in [-0.15, -0.1) is 11.3 Å². The van der Waals surface area contributed by atoms with Crippen LogP contribution < -0.4 is 4.74 Å². The van der Waals surface area contributed by atoms with Crippen LogP contribution in [0.2, 0.25) is 0 Å². The first-order valence-corrected chi connectivity index (χ1v) is 9.60. The molecule has 0 saturated heterocycles. The Hall–Kier alpha value is -3.45.